The van der Waals surface area contributed by atoms with Gasteiger partial charge in [-0.15, -0.1) is 11.3 Å². The summed E-state index contributed by atoms with van der Waals surface area (Å²) in [4.78, 5) is 19.4. The maximum absolute atomic E-state index is 14.2. The van der Waals surface area contributed by atoms with E-state index in [9.17, 15) is 14.9 Å². The zero-order chi connectivity index (χ0) is 25.8. The van der Waals surface area contributed by atoms with Gasteiger partial charge in [0.1, 0.15) is 23.8 Å². The molecule has 0 radical (unpaired) electrons. The van der Waals surface area contributed by atoms with Crippen molar-refractivity contribution in [3.63, 3.8) is 0 Å². The van der Waals surface area contributed by atoms with Crippen LogP contribution in [0.1, 0.15) is 48.6 Å². The molecule has 1 spiro atoms. The molecule has 9 nitrogen and oxygen atoms in total. The SMILES string of the molecule is CC(C#N)CSc1nc(OC[C@@]23CCCN2C[C@H](F)C3)nc(N2CC3(CCc4sc(N)c(C#N)c43)C2)n1. The van der Waals surface area contributed by atoms with Crippen molar-refractivity contribution in [3.8, 4) is 18.1 Å². The minimum Gasteiger partial charge on any atom is -0.461 e. The average molecular weight is 541 g/mol. The van der Waals surface area contributed by atoms with E-state index in [2.05, 4.69) is 31.9 Å². The number of hydrogen-bond acceptors (Lipinski definition) is 11. The molecule has 0 bridgehead atoms. The first-order valence-electron chi connectivity index (χ1n) is 12.7. The number of thiophene rings is 1. The van der Waals surface area contributed by atoms with Gasteiger partial charge in [0.05, 0.1) is 23.1 Å². The normalized spacial score (nSPS) is 26.4. The van der Waals surface area contributed by atoms with Crippen LogP contribution < -0.4 is 15.4 Å². The predicted octanol–water partition coefficient (Wildman–Crippen LogP) is 3.30. The number of nitriles is 2. The number of alkyl halides is 1. The van der Waals surface area contributed by atoms with Crippen molar-refractivity contribution < 1.29 is 9.13 Å². The number of fused-ring (bicyclic) bond motifs is 3. The third kappa shape index (κ3) is 4.19. The largest absolute Gasteiger partial charge is 0.461 e. The van der Waals surface area contributed by atoms with Gasteiger partial charge in [-0.1, -0.05) is 11.8 Å². The molecule has 4 aliphatic rings. The van der Waals surface area contributed by atoms with Gasteiger partial charge in [-0.05, 0) is 44.7 Å². The number of aryl methyl sites for hydroxylation is 1. The second kappa shape index (κ2) is 9.26. The van der Waals surface area contributed by atoms with Gasteiger partial charge in [-0.25, -0.2) is 4.39 Å². The van der Waals surface area contributed by atoms with Crippen LogP contribution in [-0.2, 0) is 11.8 Å². The van der Waals surface area contributed by atoms with Crippen LogP contribution >= 0.6 is 23.1 Å². The number of halogens is 1. The minimum absolute atomic E-state index is 0.103. The lowest BCUT2D eigenvalue weighted by molar-refractivity contribution is 0.106. The highest BCUT2D eigenvalue weighted by molar-refractivity contribution is 7.99. The highest BCUT2D eigenvalue weighted by Crippen LogP contribution is 2.52. The minimum atomic E-state index is -0.825. The van der Waals surface area contributed by atoms with E-state index in [1.165, 1.54) is 28.0 Å². The third-order valence-corrected chi connectivity index (χ3v) is 10.4. The molecule has 12 heteroatoms. The second-order valence-electron chi connectivity index (χ2n) is 10.8. The van der Waals surface area contributed by atoms with Crippen LogP contribution in [0.15, 0.2) is 5.16 Å². The molecule has 1 unspecified atom stereocenters. The molecule has 37 heavy (non-hydrogen) atoms. The van der Waals surface area contributed by atoms with E-state index >= 15 is 0 Å². The Balaban J connectivity index is 1.23. The quantitative estimate of drug-likeness (QED) is 0.522. The molecule has 2 N–H and O–H groups in total. The fourth-order valence-corrected chi connectivity index (χ4v) is 8.35. The number of nitrogen functional groups attached to an aromatic ring is 1. The summed E-state index contributed by atoms with van der Waals surface area (Å²) < 4.78 is 20.4. The van der Waals surface area contributed by atoms with E-state index in [0.29, 0.717) is 60.1 Å². The van der Waals surface area contributed by atoms with Crippen LogP contribution in [0.5, 0.6) is 6.01 Å². The van der Waals surface area contributed by atoms with Crippen LogP contribution in [0.4, 0.5) is 15.3 Å². The Labute approximate surface area is 223 Å². The molecule has 0 amide bonds. The number of hydrogen-bond donors (Lipinski definition) is 1. The predicted molar refractivity (Wildman–Crippen MR) is 140 cm³/mol. The summed E-state index contributed by atoms with van der Waals surface area (Å²) in [6.45, 7) is 4.98. The van der Waals surface area contributed by atoms with Crippen molar-refractivity contribution in [1.82, 2.24) is 19.9 Å². The van der Waals surface area contributed by atoms with E-state index < -0.39 is 6.17 Å². The third-order valence-electron chi connectivity index (χ3n) is 8.25. The molecule has 3 saturated heterocycles. The zero-order valence-electron chi connectivity index (χ0n) is 20.7. The van der Waals surface area contributed by atoms with E-state index in [1.807, 2.05) is 6.92 Å². The summed E-state index contributed by atoms with van der Waals surface area (Å²) in [7, 11) is 0. The molecule has 2 aromatic rings. The lowest BCUT2D eigenvalue weighted by atomic mass is 9.74. The summed E-state index contributed by atoms with van der Waals surface area (Å²) in [5, 5.41) is 20.0. The van der Waals surface area contributed by atoms with E-state index in [0.717, 1.165) is 37.8 Å². The van der Waals surface area contributed by atoms with Crippen LogP contribution in [0.2, 0.25) is 0 Å². The van der Waals surface area contributed by atoms with Gasteiger partial charge in [-0.3, -0.25) is 4.90 Å². The molecular weight excluding hydrogens is 511 g/mol. The number of rotatable bonds is 7. The Hall–Kier alpha value is -2.67. The van der Waals surface area contributed by atoms with Gasteiger partial charge >= 0.3 is 6.01 Å². The van der Waals surface area contributed by atoms with E-state index in [4.69, 9.17) is 15.5 Å². The van der Waals surface area contributed by atoms with Gasteiger partial charge in [0.2, 0.25) is 5.95 Å². The Morgan fingerprint density at radius 3 is 2.92 bits per heavy atom. The summed E-state index contributed by atoms with van der Waals surface area (Å²) >= 11 is 2.95. The number of anilines is 2. The molecule has 6 rings (SSSR count). The molecule has 0 aromatic carbocycles. The summed E-state index contributed by atoms with van der Waals surface area (Å²) in [6.07, 6.45) is 3.53. The summed E-state index contributed by atoms with van der Waals surface area (Å²) in [5.74, 6) is 0.958. The Bertz CT molecular complexity index is 1300. The molecule has 1 aliphatic carbocycles. The molecule has 3 atom stereocenters. The lowest BCUT2D eigenvalue weighted by Gasteiger charge is -2.48. The van der Waals surface area contributed by atoms with Crippen molar-refractivity contribution in [3.05, 3.63) is 16.0 Å². The molecule has 194 valence electrons. The van der Waals surface area contributed by atoms with Gasteiger partial charge in [0.15, 0.2) is 5.16 Å². The van der Waals surface area contributed by atoms with Crippen LogP contribution in [0.25, 0.3) is 0 Å². The topological polar surface area (TPSA) is 128 Å². The highest BCUT2D eigenvalue weighted by atomic mass is 32.2. The van der Waals surface area contributed by atoms with Gasteiger partial charge in [-0.2, -0.15) is 25.5 Å². The molecule has 0 saturated carbocycles. The average Bonchev–Trinajstić information content (AvgIpc) is 3.58. The standard InChI is InChI=1S/C25H29FN8OS2/c1-15(8-27)11-36-23-31-21(30-22(32-23)35-14-25-4-2-6-34(25)10-16(26)7-25)33-12-24(13-33)5-3-18-19(24)17(9-28)20(29)37-18/h15-16H,2-7,10-14,29H2,1H3/t15?,16-,25+/m1/s1. The highest BCUT2D eigenvalue weighted by Gasteiger charge is 2.52. The van der Waals surface area contributed by atoms with E-state index in [-0.39, 0.29) is 22.9 Å². The number of ether oxygens (including phenoxy) is 1. The first kappa shape index (κ1) is 24.7. The van der Waals surface area contributed by atoms with Crippen molar-refractivity contribution in [2.75, 3.05) is 49.2 Å². The molecular formula is C25H29FN8OS2. The zero-order valence-corrected chi connectivity index (χ0v) is 22.4. The van der Waals surface area contributed by atoms with Crippen molar-refractivity contribution >= 4 is 34.0 Å². The monoisotopic (exact) mass is 540 g/mol. The Morgan fingerprint density at radius 2 is 2.14 bits per heavy atom. The maximum Gasteiger partial charge on any atom is 0.322 e. The smallest absolute Gasteiger partial charge is 0.322 e. The van der Waals surface area contributed by atoms with Crippen LogP contribution in [0.3, 0.4) is 0 Å². The van der Waals surface area contributed by atoms with Gasteiger partial charge < -0.3 is 15.4 Å². The van der Waals surface area contributed by atoms with Crippen molar-refractivity contribution in [2.24, 2.45) is 5.92 Å². The number of aromatic nitrogens is 3. The first-order chi connectivity index (χ1) is 17.8. The number of thioether (sulfide) groups is 1. The summed E-state index contributed by atoms with van der Waals surface area (Å²) in [6, 6.07) is 4.80. The van der Waals surface area contributed by atoms with Crippen molar-refractivity contribution in [1.29, 1.82) is 10.5 Å². The van der Waals surface area contributed by atoms with Crippen molar-refractivity contribution in [2.45, 2.75) is 61.3 Å². The van der Waals surface area contributed by atoms with Gasteiger partial charge in [0, 0.05) is 42.1 Å². The first-order valence-corrected chi connectivity index (χ1v) is 14.5. The molecule has 2 aromatic heterocycles. The summed E-state index contributed by atoms with van der Waals surface area (Å²) in [5.41, 5.74) is 7.47. The molecule has 5 heterocycles. The fourth-order valence-electron chi connectivity index (χ4n) is 6.45. The number of nitrogens with two attached hydrogens (primary N) is 1. The van der Waals surface area contributed by atoms with Crippen LogP contribution in [-0.4, -0.2) is 70.1 Å². The van der Waals surface area contributed by atoms with Gasteiger partial charge in [0.25, 0.3) is 0 Å². The fraction of sp³-hybridized carbons (Fsp3) is 0.640. The Kier molecular flexibility index (Phi) is 6.17. The van der Waals surface area contributed by atoms with E-state index in [1.54, 1.807) is 0 Å². The molecule has 3 aliphatic heterocycles. The number of nitrogens with zero attached hydrogens (tertiary/aromatic N) is 7. The molecule has 3 fully saturated rings. The van der Waals surface area contributed by atoms with Crippen LogP contribution in [0, 0.1) is 28.6 Å². The Morgan fingerprint density at radius 1 is 1.30 bits per heavy atom. The maximum atomic E-state index is 14.2. The second-order valence-corrected chi connectivity index (χ2v) is 12.9. The lowest BCUT2D eigenvalue weighted by Crippen LogP contribution is -2.59.